The number of likely N-dealkylation sites (N-methyl/N-ethyl adjacent to an activating group) is 2. The summed E-state index contributed by atoms with van der Waals surface area (Å²) in [6.07, 6.45) is 0. The Balaban J connectivity index is 2.85. The fourth-order valence-corrected chi connectivity index (χ4v) is 1.73. The molecule has 0 atom stereocenters. The van der Waals surface area contributed by atoms with E-state index in [0.717, 1.165) is 5.56 Å². The molecule has 0 aliphatic heterocycles. The summed E-state index contributed by atoms with van der Waals surface area (Å²) in [5, 5.41) is 2.70. The average Bonchev–Trinajstić information content (AvgIpc) is 2.36. The van der Waals surface area contributed by atoms with Gasteiger partial charge in [-0.2, -0.15) is 0 Å². The molecule has 0 bridgehead atoms. The fraction of sp³-hybridized carbons (Fsp3) is 0.462. The topological polar surface area (TPSA) is 58.4 Å². The molecule has 0 unspecified atom stereocenters. The number of halogens is 1. The van der Waals surface area contributed by atoms with E-state index in [-0.39, 0.29) is 18.3 Å². The van der Waals surface area contributed by atoms with Crippen molar-refractivity contribution in [1.29, 1.82) is 0 Å². The van der Waals surface area contributed by atoms with Crippen LogP contribution in [-0.2, 0) is 11.3 Å². The average molecular weight is 253 g/mol. The lowest BCUT2D eigenvalue weighted by atomic mass is 10.2. The third kappa shape index (κ3) is 3.70. The minimum absolute atomic E-state index is 0.110. The summed E-state index contributed by atoms with van der Waals surface area (Å²) in [4.78, 5) is 13.2. The second-order valence-corrected chi connectivity index (χ2v) is 3.96. The highest BCUT2D eigenvalue weighted by molar-refractivity contribution is 5.81. The molecule has 1 aromatic rings. The Morgan fingerprint density at radius 3 is 2.67 bits per heavy atom. The quantitative estimate of drug-likeness (QED) is 0.802. The van der Waals surface area contributed by atoms with Gasteiger partial charge in [-0.3, -0.25) is 4.79 Å². The van der Waals surface area contributed by atoms with Gasteiger partial charge < -0.3 is 16.0 Å². The Morgan fingerprint density at radius 1 is 1.44 bits per heavy atom. The van der Waals surface area contributed by atoms with Crippen LogP contribution in [0.15, 0.2) is 18.2 Å². The van der Waals surface area contributed by atoms with Crippen LogP contribution >= 0.6 is 0 Å². The van der Waals surface area contributed by atoms with Gasteiger partial charge in [0.2, 0.25) is 5.91 Å². The monoisotopic (exact) mass is 253 g/mol. The van der Waals surface area contributed by atoms with E-state index in [9.17, 15) is 9.18 Å². The van der Waals surface area contributed by atoms with Crippen molar-refractivity contribution in [3.05, 3.63) is 29.6 Å². The number of hydrogen-bond donors (Lipinski definition) is 2. The molecule has 0 aliphatic rings. The van der Waals surface area contributed by atoms with E-state index in [1.54, 1.807) is 17.0 Å². The summed E-state index contributed by atoms with van der Waals surface area (Å²) < 4.78 is 13.9. The van der Waals surface area contributed by atoms with Crippen LogP contribution in [0, 0.1) is 5.82 Å². The van der Waals surface area contributed by atoms with Crippen molar-refractivity contribution in [2.24, 2.45) is 5.73 Å². The second-order valence-electron chi connectivity index (χ2n) is 3.96. The molecule has 0 fully saturated rings. The van der Waals surface area contributed by atoms with Crippen molar-refractivity contribution in [2.45, 2.75) is 20.4 Å². The van der Waals surface area contributed by atoms with E-state index in [2.05, 4.69) is 5.32 Å². The van der Waals surface area contributed by atoms with Crippen molar-refractivity contribution < 1.29 is 9.18 Å². The number of carbonyl (C=O) groups excluding carboxylic acids is 1. The highest BCUT2D eigenvalue weighted by Crippen LogP contribution is 2.20. The molecule has 5 heteroatoms. The summed E-state index contributed by atoms with van der Waals surface area (Å²) in [5.41, 5.74) is 6.63. The third-order valence-electron chi connectivity index (χ3n) is 2.68. The lowest BCUT2D eigenvalue weighted by molar-refractivity contribution is -0.119. The molecule has 0 spiro atoms. The highest BCUT2D eigenvalue weighted by Gasteiger charge is 2.13. The molecule has 0 heterocycles. The predicted molar refractivity (Wildman–Crippen MR) is 70.9 cm³/mol. The number of amides is 1. The van der Waals surface area contributed by atoms with Gasteiger partial charge in [-0.15, -0.1) is 0 Å². The standard InChI is InChI=1S/C13H20FN3O/c1-3-16-13(18)9-17(4-2)12-6-5-10(8-15)7-11(12)14/h5-7H,3-4,8-9,15H2,1-2H3,(H,16,18). The largest absolute Gasteiger partial charge is 0.360 e. The van der Waals surface area contributed by atoms with Crippen LogP contribution in [0.2, 0.25) is 0 Å². The van der Waals surface area contributed by atoms with E-state index in [4.69, 9.17) is 5.73 Å². The number of carbonyl (C=O) groups is 1. The maximum atomic E-state index is 13.9. The number of nitrogens with one attached hydrogen (secondary N) is 1. The van der Waals surface area contributed by atoms with Crippen LogP contribution in [0.1, 0.15) is 19.4 Å². The number of nitrogens with zero attached hydrogens (tertiary/aromatic N) is 1. The van der Waals surface area contributed by atoms with Gasteiger partial charge in [-0.25, -0.2) is 4.39 Å². The SMILES string of the molecule is CCNC(=O)CN(CC)c1ccc(CN)cc1F. The van der Waals surface area contributed by atoms with E-state index in [0.29, 0.717) is 25.3 Å². The number of anilines is 1. The van der Waals surface area contributed by atoms with Crippen molar-refractivity contribution in [2.75, 3.05) is 24.5 Å². The molecule has 1 rings (SSSR count). The normalized spacial score (nSPS) is 10.2. The lowest BCUT2D eigenvalue weighted by Gasteiger charge is -2.23. The van der Waals surface area contributed by atoms with E-state index >= 15 is 0 Å². The molecule has 0 aromatic heterocycles. The first-order valence-electron chi connectivity index (χ1n) is 6.12. The zero-order valence-corrected chi connectivity index (χ0v) is 10.9. The van der Waals surface area contributed by atoms with Gasteiger partial charge in [0, 0.05) is 19.6 Å². The zero-order valence-electron chi connectivity index (χ0n) is 10.9. The first kappa shape index (κ1) is 14.4. The van der Waals surface area contributed by atoms with Gasteiger partial charge in [-0.1, -0.05) is 6.07 Å². The van der Waals surface area contributed by atoms with Gasteiger partial charge in [-0.05, 0) is 31.5 Å². The Morgan fingerprint density at radius 2 is 2.17 bits per heavy atom. The summed E-state index contributed by atoms with van der Waals surface area (Å²) in [5.74, 6) is -0.453. The molecule has 0 saturated heterocycles. The lowest BCUT2D eigenvalue weighted by Crippen LogP contribution is -2.37. The van der Waals surface area contributed by atoms with Crippen LogP contribution in [0.25, 0.3) is 0 Å². The smallest absolute Gasteiger partial charge is 0.239 e. The number of hydrogen-bond acceptors (Lipinski definition) is 3. The van der Waals surface area contributed by atoms with Crippen molar-refractivity contribution in [1.82, 2.24) is 5.32 Å². The molecule has 1 amide bonds. The Labute approximate surface area is 107 Å². The van der Waals surface area contributed by atoms with Crippen molar-refractivity contribution in [3.8, 4) is 0 Å². The Kier molecular flexibility index (Phi) is 5.58. The molecular weight excluding hydrogens is 233 g/mol. The molecule has 0 saturated carbocycles. The van der Waals surface area contributed by atoms with E-state index < -0.39 is 0 Å². The van der Waals surface area contributed by atoms with Gasteiger partial charge in [0.15, 0.2) is 0 Å². The van der Waals surface area contributed by atoms with Crippen LogP contribution in [0.3, 0.4) is 0 Å². The number of benzene rings is 1. The van der Waals surface area contributed by atoms with Crippen LogP contribution in [0.5, 0.6) is 0 Å². The van der Waals surface area contributed by atoms with Gasteiger partial charge >= 0.3 is 0 Å². The third-order valence-corrected chi connectivity index (χ3v) is 2.68. The van der Waals surface area contributed by atoms with E-state index in [1.807, 2.05) is 13.8 Å². The second kappa shape index (κ2) is 6.96. The van der Waals surface area contributed by atoms with Gasteiger partial charge in [0.25, 0.3) is 0 Å². The molecule has 3 N–H and O–H groups in total. The fourth-order valence-electron chi connectivity index (χ4n) is 1.73. The molecule has 18 heavy (non-hydrogen) atoms. The number of rotatable bonds is 6. The van der Waals surface area contributed by atoms with E-state index in [1.165, 1.54) is 6.07 Å². The zero-order chi connectivity index (χ0) is 13.5. The summed E-state index contributed by atoms with van der Waals surface area (Å²) in [7, 11) is 0. The van der Waals surface area contributed by atoms with Crippen LogP contribution < -0.4 is 16.0 Å². The first-order chi connectivity index (χ1) is 8.62. The van der Waals surface area contributed by atoms with Crippen molar-refractivity contribution in [3.63, 3.8) is 0 Å². The Hall–Kier alpha value is -1.62. The number of nitrogens with two attached hydrogens (primary N) is 1. The summed E-state index contributed by atoms with van der Waals surface area (Å²) >= 11 is 0. The molecular formula is C13H20FN3O. The maximum absolute atomic E-state index is 13.9. The Bertz CT molecular complexity index is 409. The minimum Gasteiger partial charge on any atom is -0.360 e. The molecule has 0 aliphatic carbocycles. The van der Waals surface area contributed by atoms with Gasteiger partial charge in [0.1, 0.15) is 5.82 Å². The molecule has 100 valence electrons. The summed E-state index contributed by atoms with van der Waals surface area (Å²) in [6.45, 7) is 5.34. The highest BCUT2D eigenvalue weighted by atomic mass is 19.1. The summed E-state index contributed by atoms with van der Waals surface area (Å²) in [6, 6.07) is 4.86. The molecule has 1 aromatic carbocycles. The van der Waals surface area contributed by atoms with Crippen LogP contribution in [0.4, 0.5) is 10.1 Å². The molecule has 0 radical (unpaired) electrons. The minimum atomic E-state index is -0.343. The van der Waals surface area contributed by atoms with Crippen molar-refractivity contribution >= 4 is 11.6 Å². The predicted octanol–water partition coefficient (Wildman–Crippen LogP) is 1.25. The molecule has 4 nitrogen and oxygen atoms in total. The maximum Gasteiger partial charge on any atom is 0.239 e. The van der Waals surface area contributed by atoms with Gasteiger partial charge in [0.05, 0.1) is 12.2 Å². The first-order valence-corrected chi connectivity index (χ1v) is 6.12. The van der Waals surface area contributed by atoms with Crippen LogP contribution in [-0.4, -0.2) is 25.5 Å².